The summed E-state index contributed by atoms with van der Waals surface area (Å²) in [6.07, 6.45) is 0. The summed E-state index contributed by atoms with van der Waals surface area (Å²) in [5.41, 5.74) is 9.06. The second-order valence-corrected chi connectivity index (χ2v) is 7.01. The predicted octanol–water partition coefficient (Wildman–Crippen LogP) is 5.92. The second-order valence-electron chi connectivity index (χ2n) is 6.17. The molecule has 0 bridgehead atoms. The van der Waals surface area contributed by atoms with Crippen LogP contribution in [0.5, 0.6) is 0 Å². The van der Waals surface area contributed by atoms with E-state index in [0.29, 0.717) is 22.0 Å². The molecular weight excluding hydrogens is 383 g/mol. The van der Waals surface area contributed by atoms with Gasteiger partial charge in [-0.1, -0.05) is 41.4 Å². The van der Waals surface area contributed by atoms with Gasteiger partial charge in [0.2, 0.25) is 5.78 Å². The standard InChI is InChI=1S/C21H14Cl2N2O2/c1-11-14-7-5-12(17-3-2-4-19(24)25-17)9-18(14)27-21(11)20(26)15-8-6-13(22)10-16(15)23/h2-10H,1H3,(H2,24,25). The van der Waals surface area contributed by atoms with Gasteiger partial charge < -0.3 is 10.2 Å². The van der Waals surface area contributed by atoms with Gasteiger partial charge in [0.15, 0.2) is 5.76 Å². The van der Waals surface area contributed by atoms with Gasteiger partial charge in [-0.05, 0) is 43.3 Å². The maximum atomic E-state index is 12.9. The summed E-state index contributed by atoms with van der Waals surface area (Å²) in [6.45, 7) is 1.85. The Hall–Kier alpha value is -2.82. The largest absolute Gasteiger partial charge is 0.452 e. The van der Waals surface area contributed by atoms with Gasteiger partial charge in [0.1, 0.15) is 11.4 Å². The Morgan fingerprint density at radius 1 is 1.07 bits per heavy atom. The molecule has 4 nitrogen and oxygen atoms in total. The van der Waals surface area contributed by atoms with E-state index in [1.54, 1.807) is 18.2 Å². The van der Waals surface area contributed by atoms with E-state index < -0.39 is 0 Å². The van der Waals surface area contributed by atoms with E-state index >= 15 is 0 Å². The number of halogens is 2. The smallest absolute Gasteiger partial charge is 0.229 e. The number of rotatable bonds is 3. The first-order chi connectivity index (χ1) is 12.9. The minimum absolute atomic E-state index is 0.256. The van der Waals surface area contributed by atoms with Crippen LogP contribution in [0, 0.1) is 6.92 Å². The molecule has 4 aromatic rings. The second kappa shape index (κ2) is 6.72. The summed E-state index contributed by atoms with van der Waals surface area (Å²) in [5, 5.41) is 1.62. The van der Waals surface area contributed by atoms with Crippen LogP contribution in [0.3, 0.4) is 0 Å². The van der Waals surface area contributed by atoms with Crippen LogP contribution in [-0.4, -0.2) is 10.8 Å². The first-order valence-electron chi connectivity index (χ1n) is 8.20. The van der Waals surface area contributed by atoms with Crippen LogP contribution in [0.25, 0.3) is 22.2 Å². The van der Waals surface area contributed by atoms with Crippen molar-refractivity contribution in [2.75, 3.05) is 5.73 Å². The summed E-state index contributed by atoms with van der Waals surface area (Å²) in [4.78, 5) is 17.2. The molecule has 2 aromatic carbocycles. The Kier molecular flexibility index (Phi) is 4.38. The Morgan fingerprint density at radius 3 is 2.63 bits per heavy atom. The van der Waals surface area contributed by atoms with Crippen LogP contribution in [-0.2, 0) is 0 Å². The molecule has 0 fully saturated rings. The molecule has 0 spiro atoms. The maximum Gasteiger partial charge on any atom is 0.229 e. The number of nitrogens with two attached hydrogens (primary N) is 1. The molecule has 0 radical (unpaired) electrons. The third kappa shape index (κ3) is 3.18. The Labute approximate surface area is 165 Å². The lowest BCUT2D eigenvalue weighted by molar-refractivity contribution is 0.101. The first-order valence-corrected chi connectivity index (χ1v) is 8.95. The number of hydrogen-bond donors (Lipinski definition) is 1. The van der Waals surface area contributed by atoms with Gasteiger partial charge in [0.05, 0.1) is 10.7 Å². The number of hydrogen-bond acceptors (Lipinski definition) is 4. The Balaban J connectivity index is 1.81. The van der Waals surface area contributed by atoms with Crippen molar-refractivity contribution < 1.29 is 9.21 Å². The van der Waals surface area contributed by atoms with E-state index in [2.05, 4.69) is 4.98 Å². The minimum Gasteiger partial charge on any atom is -0.452 e. The lowest BCUT2D eigenvalue weighted by atomic mass is 10.0. The van der Waals surface area contributed by atoms with Gasteiger partial charge in [0.25, 0.3) is 0 Å². The van der Waals surface area contributed by atoms with Crippen LogP contribution in [0.2, 0.25) is 10.0 Å². The van der Waals surface area contributed by atoms with E-state index in [-0.39, 0.29) is 16.6 Å². The number of pyridine rings is 1. The lowest BCUT2D eigenvalue weighted by Gasteiger charge is -2.02. The fourth-order valence-electron chi connectivity index (χ4n) is 3.01. The fraction of sp³-hybridized carbons (Fsp3) is 0.0476. The van der Waals surface area contributed by atoms with Crippen molar-refractivity contribution >= 4 is 45.8 Å². The molecule has 0 aliphatic carbocycles. The number of furan rings is 1. The third-order valence-electron chi connectivity index (χ3n) is 4.39. The average Bonchev–Trinajstić information content (AvgIpc) is 2.97. The fourth-order valence-corrected chi connectivity index (χ4v) is 3.50. The van der Waals surface area contributed by atoms with E-state index in [9.17, 15) is 4.79 Å². The lowest BCUT2D eigenvalue weighted by Crippen LogP contribution is -2.02. The normalized spacial score (nSPS) is 11.1. The summed E-state index contributed by atoms with van der Waals surface area (Å²) in [7, 11) is 0. The molecular formula is C21H14Cl2N2O2. The zero-order valence-corrected chi connectivity index (χ0v) is 15.8. The van der Waals surface area contributed by atoms with Gasteiger partial charge in [-0.15, -0.1) is 0 Å². The number of ketones is 1. The number of carbonyl (C=O) groups excluding carboxylic acids is 1. The topological polar surface area (TPSA) is 69.1 Å². The van der Waals surface area contributed by atoms with E-state index in [0.717, 1.165) is 22.2 Å². The summed E-state index contributed by atoms with van der Waals surface area (Å²) < 4.78 is 5.89. The summed E-state index contributed by atoms with van der Waals surface area (Å²) in [6, 6.07) is 15.9. The molecule has 0 amide bonds. The van der Waals surface area contributed by atoms with Crippen molar-refractivity contribution in [3.05, 3.63) is 81.5 Å². The molecule has 0 aliphatic heterocycles. The highest BCUT2D eigenvalue weighted by Gasteiger charge is 2.21. The number of aromatic nitrogens is 1. The highest BCUT2D eigenvalue weighted by molar-refractivity contribution is 6.37. The number of anilines is 1. The highest BCUT2D eigenvalue weighted by Crippen LogP contribution is 2.32. The van der Waals surface area contributed by atoms with Crippen LogP contribution in [0.15, 0.2) is 59.0 Å². The van der Waals surface area contributed by atoms with Gasteiger partial charge in [-0.25, -0.2) is 4.98 Å². The van der Waals surface area contributed by atoms with E-state index in [1.165, 1.54) is 6.07 Å². The van der Waals surface area contributed by atoms with E-state index in [1.807, 2.05) is 37.3 Å². The van der Waals surface area contributed by atoms with Crippen molar-refractivity contribution in [1.82, 2.24) is 4.98 Å². The first kappa shape index (κ1) is 17.6. The quantitative estimate of drug-likeness (QED) is 0.436. The van der Waals surface area contributed by atoms with Gasteiger partial charge in [0, 0.05) is 27.1 Å². The van der Waals surface area contributed by atoms with Gasteiger partial charge >= 0.3 is 0 Å². The number of nitrogen functional groups attached to an aromatic ring is 1. The van der Waals surface area contributed by atoms with Crippen LogP contribution in [0.1, 0.15) is 21.7 Å². The van der Waals surface area contributed by atoms with Gasteiger partial charge in [-0.3, -0.25) is 4.79 Å². The van der Waals surface area contributed by atoms with Gasteiger partial charge in [-0.2, -0.15) is 0 Å². The van der Waals surface area contributed by atoms with Crippen molar-refractivity contribution in [2.45, 2.75) is 6.92 Å². The molecule has 2 N–H and O–H groups in total. The van der Waals surface area contributed by atoms with Crippen LogP contribution >= 0.6 is 23.2 Å². The molecule has 0 saturated carbocycles. The molecule has 134 valence electrons. The van der Waals surface area contributed by atoms with Crippen molar-refractivity contribution in [3.63, 3.8) is 0 Å². The molecule has 4 rings (SSSR count). The molecule has 0 unspecified atom stereocenters. The zero-order chi connectivity index (χ0) is 19.1. The van der Waals surface area contributed by atoms with Crippen LogP contribution in [0.4, 0.5) is 5.82 Å². The number of benzene rings is 2. The third-order valence-corrected chi connectivity index (χ3v) is 4.93. The number of carbonyl (C=O) groups is 1. The zero-order valence-electron chi connectivity index (χ0n) is 14.3. The molecule has 0 atom stereocenters. The number of aryl methyl sites for hydroxylation is 1. The monoisotopic (exact) mass is 396 g/mol. The highest BCUT2D eigenvalue weighted by atomic mass is 35.5. The average molecular weight is 397 g/mol. The summed E-state index contributed by atoms with van der Waals surface area (Å²) >= 11 is 12.1. The maximum absolute atomic E-state index is 12.9. The Bertz CT molecular complexity index is 1200. The Morgan fingerprint density at radius 2 is 1.89 bits per heavy atom. The number of fused-ring (bicyclic) bond motifs is 1. The number of nitrogens with zero attached hydrogens (tertiary/aromatic N) is 1. The molecule has 0 aliphatic rings. The van der Waals surface area contributed by atoms with Crippen molar-refractivity contribution in [2.24, 2.45) is 0 Å². The van der Waals surface area contributed by atoms with E-state index in [4.69, 9.17) is 33.4 Å². The van der Waals surface area contributed by atoms with Crippen molar-refractivity contribution in [3.8, 4) is 11.3 Å². The summed E-state index contributed by atoms with van der Waals surface area (Å²) in [5.74, 6) is 0.414. The minimum atomic E-state index is -0.283. The SMILES string of the molecule is Cc1c(C(=O)c2ccc(Cl)cc2Cl)oc2cc(-c3cccc(N)n3)ccc12. The predicted molar refractivity (Wildman–Crippen MR) is 108 cm³/mol. The van der Waals surface area contributed by atoms with Crippen molar-refractivity contribution in [1.29, 1.82) is 0 Å². The molecule has 2 heterocycles. The molecule has 6 heteroatoms. The molecule has 27 heavy (non-hydrogen) atoms. The van der Waals surface area contributed by atoms with Crippen LogP contribution < -0.4 is 5.73 Å². The molecule has 2 aromatic heterocycles. The molecule has 0 saturated heterocycles.